The zero-order valence-corrected chi connectivity index (χ0v) is 14.3. The molecule has 0 radical (unpaired) electrons. The van der Waals surface area contributed by atoms with Crippen LogP contribution in [-0.4, -0.2) is 11.0 Å². The number of hydrogen-bond acceptors (Lipinski definition) is 3. The molecule has 2 rings (SSSR count). The lowest BCUT2D eigenvalue weighted by Gasteiger charge is -2.05. The number of rotatable bonds is 7. The fraction of sp³-hybridized carbons (Fsp3) is 0.333. The highest BCUT2D eigenvalue weighted by atomic mass is 79.9. The van der Waals surface area contributed by atoms with Crippen LogP contribution in [0.25, 0.3) is 0 Å². The standard InChI is InChI=1S/C18H20BrNO2/c1-2-3-4-5-6-14-7-9-15(10-8-14)18(21)22-17-12-11-16(19)13-20-17/h7-13H,2-6H2,1H3. The molecular formula is C18H20BrNO2. The van der Waals surface area contributed by atoms with E-state index < -0.39 is 0 Å². The predicted molar refractivity (Wildman–Crippen MR) is 91.2 cm³/mol. The van der Waals surface area contributed by atoms with Crippen LogP contribution in [0.15, 0.2) is 47.1 Å². The zero-order valence-electron chi connectivity index (χ0n) is 12.7. The Morgan fingerprint density at radius 2 is 1.86 bits per heavy atom. The smallest absolute Gasteiger partial charge is 0.344 e. The Morgan fingerprint density at radius 1 is 1.09 bits per heavy atom. The molecule has 2 aromatic rings. The third-order valence-electron chi connectivity index (χ3n) is 3.41. The molecule has 4 heteroatoms. The first-order chi connectivity index (χ1) is 10.7. The van der Waals surface area contributed by atoms with Crippen LogP contribution in [0.5, 0.6) is 5.88 Å². The van der Waals surface area contributed by atoms with Crippen molar-refractivity contribution in [1.29, 1.82) is 0 Å². The van der Waals surface area contributed by atoms with Crippen LogP contribution in [0.3, 0.4) is 0 Å². The molecule has 0 saturated heterocycles. The van der Waals surface area contributed by atoms with E-state index in [0.717, 1.165) is 10.9 Å². The summed E-state index contributed by atoms with van der Waals surface area (Å²) in [7, 11) is 0. The molecule has 0 N–H and O–H groups in total. The molecule has 22 heavy (non-hydrogen) atoms. The topological polar surface area (TPSA) is 39.2 Å². The van der Waals surface area contributed by atoms with Gasteiger partial charge < -0.3 is 4.74 Å². The molecule has 0 bridgehead atoms. The van der Waals surface area contributed by atoms with Gasteiger partial charge in [0, 0.05) is 16.7 Å². The maximum absolute atomic E-state index is 12.0. The van der Waals surface area contributed by atoms with E-state index in [-0.39, 0.29) is 5.97 Å². The number of ether oxygens (including phenoxy) is 1. The molecule has 0 unspecified atom stereocenters. The predicted octanol–water partition coefficient (Wildman–Crippen LogP) is 5.19. The van der Waals surface area contributed by atoms with Crippen LogP contribution in [0.4, 0.5) is 0 Å². The van der Waals surface area contributed by atoms with E-state index in [1.54, 1.807) is 18.3 Å². The summed E-state index contributed by atoms with van der Waals surface area (Å²) in [5.74, 6) is -0.0794. The van der Waals surface area contributed by atoms with Crippen LogP contribution >= 0.6 is 15.9 Å². The molecule has 0 saturated carbocycles. The van der Waals surface area contributed by atoms with Crippen molar-refractivity contribution in [2.24, 2.45) is 0 Å². The molecule has 116 valence electrons. The summed E-state index contributed by atoms with van der Waals surface area (Å²) in [5, 5.41) is 0. The van der Waals surface area contributed by atoms with E-state index in [1.165, 1.54) is 31.2 Å². The second kappa shape index (κ2) is 8.69. The summed E-state index contributed by atoms with van der Waals surface area (Å²) in [6.07, 6.45) is 7.64. The highest BCUT2D eigenvalue weighted by Crippen LogP contribution is 2.15. The van der Waals surface area contributed by atoms with Crippen LogP contribution in [0.2, 0.25) is 0 Å². The van der Waals surface area contributed by atoms with Crippen molar-refractivity contribution in [2.75, 3.05) is 0 Å². The Labute approximate surface area is 139 Å². The van der Waals surface area contributed by atoms with Crippen LogP contribution < -0.4 is 4.74 Å². The lowest BCUT2D eigenvalue weighted by atomic mass is 10.0. The number of benzene rings is 1. The number of aryl methyl sites for hydroxylation is 1. The van der Waals surface area contributed by atoms with E-state index in [0.29, 0.717) is 11.4 Å². The van der Waals surface area contributed by atoms with Gasteiger partial charge >= 0.3 is 5.97 Å². The van der Waals surface area contributed by atoms with E-state index in [1.807, 2.05) is 24.3 Å². The molecule has 0 fully saturated rings. The largest absolute Gasteiger partial charge is 0.404 e. The molecule has 0 atom stereocenters. The minimum absolute atomic E-state index is 0.303. The third-order valence-corrected chi connectivity index (χ3v) is 3.88. The van der Waals surface area contributed by atoms with Gasteiger partial charge in [-0.05, 0) is 52.5 Å². The molecular weight excluding hydrogens is 342 g/mol. The quantitative estimate of drug-likeness (QED) is 0.503. The first-order valence-corrected chi connectivity index (χ1v) is 8.41. The van der Waals surface area contributed by atoms with Gasteiger partial charge in [-0.2, -0.15) is 0 Å². The highest BCUT2D eigenvalue weighted by molar-refractivity contribution is 9.10. The molecule has 0 aliphatic rings. The van der Waals surface area contributed by atoms with Crippen LogP contribution in [0.1, 0.15) is 48.5 Å². The van der Waals surface area contributed by atoms with Gasteiger partial charge in [-0.3, -0.25) is 0 Å². The molecule has 0 amide bonds. The van der Waals surface area contributed by atoms with Crippen molar-refractivity contribution >= 4 is 21.9 Å². The maximum Gasteiger partial charge on any atom is 0.344 e. The van der Waals surface area contributed by atoms with Crippen LogP contribution in [0, 0.1) is 0 Å². The average molecular weight is 362 g/mol. The number of unbranched alkanes of at least 4 members (excludes halogenated alkanes) is 3. The summed E-state index contributed by atoms with van der Waals surface area (Å²) in [5.41, 5.74) is 1.80. The molecule has 1 heterocycles. The number of halogens is 1. The van der Waals surface area contributed by atoms with Gasteiger partial charge in [0.2, 0.25) is 5.88 Å². The lowest BCUT2D eigenvalue weighted by molar-refractivity contribution is 0.0727. The number of esters is 1. The number of hydrogen-bond donors (Lipinski definition) is 0. The second-order valence-electron chi connectivity index (χ2n) is 5.21. The Kier molecular flexibility index (Phi) is 6.59. The highest BCUT2D eigenvalue weighted by Gasteiger charge is 2.09. The van der Waals surface area contributed by atoms with Gasteiger partial charge in [-0.1, -0.05) is 38.3 Å². The van der Waals surface area contributed by atoms with E-state index in [9.17, 15) is 4.79 Å². The molecule has 1 aromatic carbocycles. The maximum atomic E-state index is 12.0. The van der Waals surface area contributed by atoms with Gasteiger partial charge in [0.25, 0.3) is 0 Å². The number of carbonyl (C=O) groups excluding carboxylic acids is 1. The Balaban J connectivity index is 1.89. The van der Waals surface area contributed by atoms with Gasteiger partial charge in [0.15, 0.2) is 0 Å². The van der Waals surface area contributed by atoms with Crippen LogP contribution in [-0.2, 0) is 6.42 Å². The minimum Gasteiger partial charge on any atom is -0.404 e. The summed E-state index contributed by atoms with van der Waals surface area (Å²) in [4.78, 5) is 16.1. The summed E-state index contributed by atoms with van der Waals surface area (Å²) >= 11 is 3.29. The Morgan fingerprint density at radius 3 is 2.50 bits per heavy atom. The monoisotopic (exact) mass is 361 g/mol. The summed E-state index contributed by atoms with van der Waals surface area (Å²) in [6.45, 7) is 2.21. The Bertz CT molecular complexity index is 593. The van der Waals surface area contributed by atoms with Crippen molar-refractivity contribution in [1.82, 2.24) is 4.98 Å². The molecule has 3 nitrogen and oxygen atoms in total. The molecule has 1 aromatic heterocycles. The number of nitrogens with zero attached hydrogens (tertiary/aromatic N) is 1. The van der Waals surface area contributed by atoms with Crippen molar-refractivity contribution in [3.8, 4) is 5.88 Å². The third kappa shape index (κ3) is 5.26. The number of pyridine rings is 1. The first kappa shape index (κ1) is 16.7. The second-order valence-corrected chi connectivity index (χ2v) is 6.13. The Hall–Kier alpha value is -1.68. The fourth-order valence-corrected chi connectivity index (χ4v) is 2.37. The normalized spacial score (nSPS) is 10.5. The van der Waals surface area contributed by atoms with E-state index in [4.69, 9.17) is 4.74 Å². The van der Waals surface area contributed by atoms with Gasteiger partial charge in [-0.25, -0.2) is 9.78 Å². The van der Waals surface area contributed by atoms with Gasteiger partial charge in [0.05, 0.1) is 5.56 Å². The van der Waals surface area contributed by atoms with Crippen molar-refractivity contribution in [3.05, 3.63) is 58.2 Å². The SMILES string of the molecule is CCCCCCc1ccc(C(=O)Oc2ccc(Br)cn2)cc1. The molecule has 0 spiro atoms. The summed E-state index contributed by atoms with van der Waals surface area (Å²) in [6, 6.07) is 11.1. The van der Waals surface area contributed by atoms with Gasteiger partial charge in [-0.15, -0.1) is 0 Å². The minimum atomic E-state index is -0.382. The average Bonchev–Trinajstić information content (AvgIpc) is 2.54. The first-order valence-electron chi connectivity index (χ1n) is 7.61. The van der Waals surface area contributed by atoms with Crippen molar-refractivity contribution in [3.63, 3.8) is 0 Å². The number of carbonyl (C=O) groups is 1. The number of aromatic nitrogens is 1. The van der Waals surface area contributed by atoms with E-state index >= 15 is 0 Å². The van der Waals surface area contributed by atoms with Crippen molar-refractivity contribution < 1.29 is 9.53 Å². The summed E-state index contributed by atoms with van der Waals surface area (Å²) < 4.78 is 6.08. The van der Waals surface area contributed by atoms with Crippen molar-refractivity contribution in [2.45, 2.75) is 39.0 Å². The lowest BCUT2D eigenvalue weighted by Crippen LogP contribution is -2.09. The molecule has 0 aliphatic heterocycles. The van der Waals surface area contributed by atoms with Gasteiger partial charge in [0.1, 0.15) is 0 Å². The van der Waals surface area contributed by atoms with E-state index in [2.05, 4.69) is 27.8 Å². The zero-order chi connectivity index (χ0) is 15.8. The fourth-order valence-electron chi connectivity index (χ4n) is 2.14. The molecule has 0 aliphatic carbocycles.